The van der Waals surface area contributed by atoms with E-state index in [1.54, 1.807) is 0 Å². The Hall–Kier alpha value is -0.790. The van der Waals surface area contributed by atoms with E-state index in [0.717, 1.165) is 25.2 Å². The first kappa shape index (κ1) is 28.8. The molecule has 4 aliphatic rings. The van der Waals surface area contributed by atoms with Crippen LogP contribution < -0.4 is 0 Å². The molecule has 4 fully saturated rings. The molecule has 4 rings (SSSR count). The van der Waals surface area contributed by atoms with Crippen LogP contribution in [-0.4, -0.2) is 16.3 Å². The first-order valence-corrected chi connectivity index (χ1v) is 15.9. The molecule has 4 saturated carbocycles. The van der Waals surface area contributed by atoms with E-state index in [4.69, 9.17) is 0 Å². The average Bonchev–Trinajstić information content (AvgIpc) is 2.83. The van der Waals surface area contributed by atoms with Gasteiger partial charge in [-0.2, -0.15) is 0 Å². The van der Waals surface area contributed by atoms with Gasteiger partial charge in [0, 0.05) is 17.7 Å². The minimum atomic E-state index is -0.0414. The average molecular weight is 486 g/mol. The molecule has 1 amide bonds. The molecule has 4 aliphatic carbocycles. The second-order valence-electron chi connectivity index (χ2n) is 13.4. The van der Waals surface area contributed by atoms with Gasteiger partial charge in [0.2, 0.25) is 5.91 Å². The molecule has 0 aliphatic heterocycles. The maximum Gasteiger partial charge on any atom is 0.230 e. The second kappa shape index (κ2) is 14.2. The Kier molecular flexibility index (Phi) is 11.7. The second-order valence-corrected chi connectivity index (χ2v) is 13.4. The van der Waals surface area contributed by atoms with Gasteiger partial charge in [0.25, 0.3) is 0 Å². The standard InChI is InChI=1S/C33H59NO/c1-5-34(33(4)26-25-29-27-30(33)32(29,2)3)31(35)28-23-21-19-17-15-13-11-9-7-6-8-10-12-14-16-18-20-22-24-28/h5,28-30H,1,6-27H2,2-4H3. The fourth-order valence-electron chi connectivity index (χ4n) is 8.06. The predicted molar refractivity (Wildman–Crippen MR) is 151 cm³/mol. The lowest BCUT2D eigenvalue weighted by molar-refractivity contribution is -0.172. The summed E-state index contributed by atoms with van der Waals surface area (Å²) < 4.78 is 0. The summed E-state index contributed by atoms with van der Waals surface area (Å²) in [7, 11) is 0. The topological polar surface area (TPSA) is 20.3 Å². The Balaban J connectivity index is 1.57. The zero-order valence-corrected chi connectivity index (χ0v) is 23.9. The Morgan fingerprint density at radius 1 is 0.686 bits per heavy atom. The number of carbonyl (C=O) groups is 1. The summed E-state index contributed by atoms with van der Waals surface area (Å²) in [6, 6.07) is 0. The van der Waals surface area contributed by atoms with Crippen molar-refractivity contribution in [3.8, 4) is 0 Å². The SMILES string of the molecule is C=CN(C(=O)C1CCCCCCCCCCCCCCCCCCC1)C1(C)CCC2CC1C2(C)C. The Bertz CT molecular complexity index is 617. The molecule has 0 aromatic heterocycles. The summed E-state index contributed by atoms with van der Waals surface area (Å²) in [4.78, 5) is 16.2. The van der Waals surface area contributed by atoms with Crippen molar-refractivity contribution in [2.24, 2.45) is 23.2 Å². The first-order valence-electron chi connectivity index (χ1n) is 15.9. The molecule has 0 radical (unpaired) electrons. The van der Waals surface area contributed by atoms with Crippen LogP contribution in [0.15, 0.2) is 12.8 Å². The van der Waals surface area contributed by atoms with Gasteiger partial charge in [-0.05, 0) is 56.3 Å². The van der Waals surface area contributed by atoms with E-state index in [1.165, 1.54) is 122 Å². The summed E-state index contributed by atoms with van der Waals surface area (Å²) >= 11 is 0. The molecule has 0 aromatic rings. The van der Waals surface area contributed by atoms with Crippen molar-refractivity contribution in [2.75, 3.05) is 0 Å². The van der Waals surface area contributed by atoms with Gasteiger partial charge in [-0.25, -0.2) is 0 Å². The van der Waals surface area contributed by atoms with Gasteiger partial charge in [0.15, 0.2) is 0 Å². The van der Waals surface area contributed by atoms with Gasteiger partial charge in [0.1, 0.15) is 0 Å². The smallest absolute Gasteiger partial charge is 0.230 e. The van der Waals surface area contributed by atoms with Crippen LogP contribution in [0.1, 0.15) is 162 Å². The fraction of sp³-hybridized carbons (Fsp3) is 0.909. The van der Waals surface area contributed by atoms with Crippen molar-refractivity contribution in [1.82, 2.24) is 4.90 Å². The predicted octanol–water partition coefficient (Wildman–Crippen LogP) is 10.2. The number of carbonyl (C=O) groups excluding carboxylic acids is 1. The molecule has 0 heterocycles. The van der Waals surface area contributed by atoms with E-state index in [2.05, 4.69) is 32.3 Å². The maximum atomic E-state index is 14.1. The third kappa shape index (κ3) is 7.61. The molecule has 3 atom stereocenters. The van der Waals surface area contributed by atoms with Crippen molar-refractivity contribution < 1.29 is 4.79 Å². The van der Waals surface area contributed by atoms with Crippen LogP contribution in [0.4, 0.5) is 0 Å². The largest absolute Gasteiger partial charge is 0.313 e. The van der Waals surface area contributed by atoms with Gasteiger partial charge < -0.3 is 4.90 Å². The summed E-state index contributed by atoms with van der Waals surface area (Å²) in [6.45, 7) is 11.4. The molecule has 35 heavy (non-hydrogen) atoms. The van der Waals surface area contributed by atoms with Gasteiger partial charge >= 0.3 is 0 Å². The summed E-state index contributed by atoms with van der Waals surface area (Å²) in [5.74, 6) is 2.05. The number of fused-ring (bicyclic) bond motifs is 2. The lowest BCUT2D eigenvalue weighted by Gasteiger charge is -2.66. The molecule has 0 N–H and O–H groups in total. The summed E-state index contributed by atoms with van der Waals surface area (Å²) in [5, 5.41) is 0. The zero-order chi connectivity index (χ0) is 25.2. The monoisotopic (exact) mass is 485 g/mol. The molecule has 2 heteroatoms. The normalized spacial score (nSPS) is 32.7. The number of rotatable bonds is 3. The van der Waals surface area contributed by atoms with Crippen LogP contribution in [0, 0.1) is 23.2 Å². The maximum absolute atomic E-state index is 14.1. The van der Waals surface area contributed by atoms with Gasteiger partial charge in [-0.15, -0.1) is 0 Å². The number of hydrogen-bond donors (Lipinski definition) is 0. The van der Waals surface area contributed by atoms with Crippen molar-refractivity contribution in [1.29, 1.82) is 0 Å². The highest BCUT2D eigenvalue weighted by Crippen LogP contribution is 2.64. The van der Waals surface area contributed by atoms with E-state index < -0.39 is 0 Å². The van der Waals surface area contributed by atoms with Crippen molar-refractivity contribution >= 4 is 5.91 Å². The van der Waals surface area contributed by atoms with E-state index in [9.17, 15) is 4.79 Å². The molecule has 0 saturated heterocycles. The van der Waals surface area contributed by atoms with E-state index in [0.29, 0.717) is 17.2 Å². The molecule has 202 valence electrons. The van der Waals surface area contributed by atoms with Crippen LogP contribution >= 0.6 is 0 Å². The van der Waals surface area contributed by atoms with Crippen LogP contribution in [-0.2, 0) is 4.79 Å². The van der Waals surface area contributed by atoms with Gasteiger partial charge in [-0.3, -0.25) is 4.79 Å². The molecule has 2 bridgehead atoms. The van der Waals surface area contributed by atoms with Gasteiger partial charge in [0.05, 0.1) is 0 Å². The lowest BCUT2D eigenvalue weighted by atomic mass is 9.43. The highest BCUT2D eigenvalue weighted by atomic mass is 16.2. The molecular weight excluding hydrogens is 426 g/mol. The third-order valence-electron chi connectivity index (χ3n) is 10.6. The highest BCUT2D eigenvalue weighted by molar-refractivity contribution is 5.80. The van der Waals surface area contributed by atoms with Gasteiger partial charge in [-0.1, -0.05) is 130 Å². The van der Waals surface area contributed by atoms with Crippen LogP contribution in [0.3, 0.4) is 0 Å². The minimum absolute atomic E-state index is 0.0414. The first-order chi connectivity index (χ1) is 16.9. The fourth-order valence-corrected chi connectivity index (χ4v) is 8.06. The van der Waals surface area contributed by atoms with Crippen LogP contribution in [0.2, 0.25) is 0 Å². The lowest BCUT2D eigenvalue weighted by Crippen LogP contribution is -2.66. The van der Waals surface area contributed by atoms with Crippen LogP contribution in [0.25, 0.3) is 0 Å². The van der Waals surface area contributed by atoms with E-state index in [-0.39, 0.29) is 11.5 Å². The number of amides is 1. The van der Waals surface area contributed by atoms with Crippen molar-refractivity contribution in [3.63, 3.8) is 0 Å². The highest BCUT2D eigenvalue weighted by Gasteiger charge is 2.61. The molecule has 0 aromatic carbocycles. The van der Waals surface area contributed by atoms with E-state index in [1.807, 2.05) is 6.20 Å². The van der Waals surface area contributed by atoms with Crippen molar-refractivity contribution in [3.05, 3.63) is 12.8 Å². The Morgan fingerprint density at radius 3 is 1.43 bits per heavy atom. The minimum Gasteiger partial charge on any atom is -0.313 e. The number of hydrogen-bond acceptors (Lipinski definition) is 1. The Morgan fingerprint density at radius 2 is 1.09 bits per heavy atom. The number of nitrogens with zero attached hydrogens (tertiary/aromatic N) is 1. The molecule has 3 unspecified atom stereocenters. The molecule has 0 spiro atoms. The quantitative estimate of drug-likeness (QED) is 0.389. The van der Waals surface area contributed by atoms with Crippen molar-refractivity contribution in [2.45, 2.75) is 168 Å². The van der Waals surface area contributed by atoms with Crippen LogP contribution in [0.5, 0.6) is 0 Å². The zero-order valence-electron chi connectivity index (χ0n) is 23.9. The molecular formula is C33H59NO. The third-order valence-corrected chi connectivity index (χ3v) is 10.6. The summed E-state index contributed by atoms with van der Waals surface area (Å²) in [5.41, 5.74) is 0.324. The van der Waals surface area contributed by atoms with E-state index >= 15 is 0 Å². The molecule has 2 nitrogen and oxygen atoms in total. The Labute approximate surface area is 219 Å². The summed E-state index contributed by atoms with van der Waals surface area (Å²) in [6.07, 6.45) is 31.1.